The highest BCUT2D eigenvalue weighted by molar-refractivity contribution is 8.24. The lowest BCUT2D eigenvalue weighted by Gasteiger charge is -2.33. The summed E-state index contributed by atoms with van der Waals surface area (Å²) in [6.45, 7) is 4.73. The van der Waals surface area contributed by atoms with Crippen LogP contribution >= 0.6 is 24.0 Å². The van der Waals surface area contributed by atoms with Crippen molar-refractivity contribution < 1.29 is 9.53 Å². The second-order valence-corrected chi connectivity index (χ2v) is 5.22. The van der Waals surface area contributed by atoms with Gasteiger partial charge in [0.1, 0.15) is 0 Å². The highest BCUT2D eigenvalue weighted by Gasteiger charge is 2.37. The van der Waals surface area contributed by atoms with Gasteiger partial charge in [-0.05, 0) is 6.92 Å². The molecule has 2 rings (SSSR count). The fraction of sp³-hybridized carbons (Fsp3) is 0.750. The van der Waals surface area contributed by atoms with Gasteiger partial charge in [0, 0.05) is 13.1 Å². The Balaban J connectivity index is 2.08. The lowest BCUT2D eigenvalue weighted by atomic mass is 10.4. The summed E-state index contributed by atoms with van der Waals surface area (Å²) in [7, 11) is 0. The van der Waals surface area contributed by atoms with Gasteiger partial charge in [-0.3, -0.25) is 4.79 Å². The first-order chi connectivity index (χ1) is 6.70. The number of thiocarbonyl (C=S) groups is 1. The average Bonchev–Trinajstić information content (AvgIpc) is 2.43. The van der Waals surface area contributed by atoms with Crippen LogP contribution in [0.25, 0.3) is 0 Å². The molecule has 14 heavy (non-hydrogen) atoms. The lowest BCUT2D eigenvalue weighted by Crippen LogP contribution is -2.51. The maximum atomic E-state index is 11.8. The Morgan fingerprint density at radius 3 is 2.64 bits per heavy atom. The minimum atomic E-state index is -0.0367. The molecule has 0 spiro atoms. The minimum absolute atomic E-state index is 0.0367. The normalized spacial score (nSPS) is 30.1. The van der Waals surface area contributed by atoms with E-state index in [0.717, 1.165) is 13.1 Å². The molecule has 0 saturated carbocycles. The maximum Gasteiger partial charge on any atom is 0.256 e. The van der Waals surface area contributed by atoms with E-state index in [4.69, 9.17) is 17.0 Å². The molecule has 0 aromatic heterocycles. The molecule has 78 valence electrons. The fourth-order valence-electron chi connectivity index (χ4n) is 1.52. The molecule has 1 amide bonds. The number of hydrogen-bond acceptors (Lipinski definition) is 5. The third kappa shape index (κ3) is 1.79. The smallest absolute Gasteiger partial charge is 0.256 e. The van der Waals surface area contributed by atoms with Crippen molar-refractivity contribution in [2.45, 2.75) is 12.2 Å². The predicted octanol–water partition coefficient (Wildman–Crippen LogP) is 0.482. The summed E-state index contributed by atoms with van der Waals surface area (Å²) in [5, 5.41) is 3.57. The molecule has 0 aromatic rings. The van der Waals surface area contributed by atoms with Crippen molar-refractivity contribution in [2.24, 2.45) is 0 Å². The van der Waals surface area contributed by atoms with Crippen molar-refractivity contribution in [3.8, 4) is 0 Å². The Hall–Kier alpha value is -0.170. The molecule has 4 nitrogen and oxygen atoms in total. The second kappa shape index (κ2) is 4.14. The molecule has 0 aromatic carbocycles. The van der Waals surface area contributed by atoms with Gasteiger partial charge in [-0.15, -0.1) is 0 Å². The standard InChI is InChI=1S/C8H12N2O2S2/c1-6-7(11)10(8(13)14-6)9-2-4-12-5-3-9/h6H,2-5H2,1H3. The maximum absolute atomic E-state index is 11.8. The van der Waals surface area contributed by atoms with E-state index < -0.39 is 0 Å². The van der Waals surface area contributed by atoms with Gasteiger partial charge in [0.05, 0.1) is 18.5 Å². The monoisotopic (exact) mass is 232 g/mol. The van der Waals surface area contributed by atoms with Gasteiger partial charge in [0.2, 0.25) is 0 Å². The van der Waals surface area contributed by atoms with E-state index in [9.17, 15) is 4.79 Å². The van der Waals surface area contributed by atoms with E-state index in [-0.39, 0.29) is 11.2 Å². The van der Waals surface area contributed by atoms with E-state index in [1.165, 1.54) is 11.8 Å². The molecule has 2 aliphatic heterocycles. The number of hydrazine groups is 1. The van der Waals surface area contributed by atoms with Crippen LogP contribution in [0.4, 0.5) is 0 Å². The molecule has 2 heterocycles. The summed E-state index contributed by atoms with van der Waals surface area (Å²) in [4.78, 5) is 11.8. The zero-order chi connectivity index (χ0) is 10.1. The summed E-state index contributed by atoms with van der Waals surface area (Å²) >= 11 is 6.62. The quantitative estimate of drug-likeness (QED) is 0.614. The topological polar surface area (TPSA) is 32.8 Å². The van der Waals surface area contributed by atoms with Crippen LogP contribution in [0.1, 0.15) is 6.92 Å². The number of thioether (sulfide) groups is 1. The first-order valence-electron chi connectivity index (χ1n) is 4.57. The molecule has 0 N–H and O–H groups in total. The Kier molecular flexibility index (Phi) is 3.06. The number of carbonyl (C=O) groups is 1. The third-order valence-corrected chi connectivity index (χ3v) is 3.67. The van der Waals surface area contributed by atoms with Crippen LogP contribution in [0.2, 0.25) is 0 Å². The molecule has 2 aliphatic rings. The largest absolute Gasteiger partial charge is 0.379 e. The molecule has 2 fully saturated rings. The van der Waals surface area contributed by atoms with Gasteiger partial charge < -0.3 is 4.74 Å². The zero-order valence-corrected chi connectivity index (χ0v) is 9.57. The summed E-state index contributed by atoms with van der Waals surface area (Å²) in [5.41, 5.74) is 0. The first kappa shape index (κ1) is 10.4. The molecular formula is C8H12N2O2S2. The summed E-state index contributed by atoms with van der Waals surface area (Å²) in [5.74, 6) is 0.0990. The van der Waals surface area contributed by atoms with Crippen molar-refractivity contribution in [1.29, 1.82) is 0 Å². The van der Waals surface area contributed by atoms with E-state index in [1.807, 2.05) is 11.9 Å². The molecular weight excluding hydrogens is 220 g/mol. The van der Waals surface area contributed by atoms with Crippen LogP contribution in [-0.2, 0) is 9.53 Å². The van der Waals surface area contributed by atoms with E-state index in [2.05, 4.69) is 0 Å². The molecule has 1 atom stereocenters. The van der Waals surface area contributed by atoms with Gasteiger partial charge in [0.25, 0.3) is 5.91 Å². The van der Waals surface area contributed by atoms with Crippen molar-refractivity contribution >= 4 is 34.2 Å². The third-order valence-electron chi connectivity index (χ3n) is 2.28. The van der Waals surface area contributed by atoms with Gasteiger partial charge in [-0.25, -0.2) is 10.0 Å². The van der Waals surface area contributed by atoms with Gasteiger partial charge in [0.15, 0.2) is 4.32 Å². The van der Waals surface area contributed by atoms with Crippen LogP contribution in [-0.4, -0.2) is 51.8 Å². The lowest BCUT2D eigenvalue weighted by molar-refractivity contribution is -0.142. The highest BCUT2D eigenvalue weighted by atomic mass is 32.2. The van der Waals surface area contributed by atoms with Crippen molar-refractivity contribution in [3.05, 3.63) is 0 Å². The summed E-state index contributed by atoms with van der Waals surface area (Å²) in [6, 6.07) is 0. The Morgan fingerprint density at radius 2 is 2.14 bits per heavy atom. The van der Waals surface area contributed by atoms with Crippen molar-refractivity contribution in [1.82, 2.24) is 10.0 Å². The molecule has 1 unspecified atom stereocenters. The Bertz CT molecular complexity index is 266. The second-order valence-electron chi connectivity index (χ2n) is 3.24. The average molecular weight is 232 g/mol. The molecule has 6 heteroatoms. The van der Waals surface area contributed by atoms with Crippen LogP contribution in [0.3, 0.4) is 0 Å². The van der Waals surface area contributed by atoms with Crippen LogP contribution < -0.4 is 0 Å². The summed E-state index contributed by atoms with van der Waals surface area (Å²) in [6.07, 6.45) is 0. The van der Waals surface area contributed by atoms with Gasteiger partial charge >= 0.3 is 0 Å². The number of hydrogen-bond donors (Lipinski definition) is 0. The number of amides is 1. The van der Waals surface area contributed by atoms with E-state index in [1.54, 1.807) is 5.01 Å². The van der Waals surface area contributed by atoms with Crippen LogP contribution in [0, 0.1) is 0 Å². The number of morpholine rings is 1. The van der Waals surface area contributed by atoms with Crippen molar-refractivity contribution in [2.75, 3.05) is 26.3 Å². The summed E-state index contributed by atoms with van der Waals surface area (Å²) < 4.78 is 5.90. The van der Waals surface area contributed by atoms with Gasteiger partial charge in [-0.2, -0.15) is 0 Å². The first-order valence-corrected chi connectivity index (χ1v) is 5.86. The van der Waals surface area contributed by atoms with Gasteiger partial charge in [-0.1, -0.05) is 24.0 Å². The van der Waals surface area contributed by atoms with E-state index >= 15 is 0 Å². The highest BCUT2D eigenvalue weighted by Crippen LogP contribution is 2.28. The minimum Gasteiger partial charge on any atom is -0.379 e. The van der Waals surface area contributed by atoms with Crippen molar-refractivity contribution in [3.63, 3.8) is 0 Å². The number of nitrogens with zero attached hydrogens (tertiary/aromatic N) is 2. The number of ether oxygens (including phenoxy) is 1. The Morgan fingerprint density at radius 1 is 1.50 bits per heavy atom. The molecule has 0 aliphatic carbocycles. The molecule has 0 bridgehead atoms. The van der Waals surface area contributed by atoms with Crippen LogP contribution in [0.5, 0.6) is 0 Å². The molecule has 0 radical (unpaired) electrons. The SMILES string of the molecule is CC1SC(=S)N(N2CCOCC2)C1=O. The number of carbonyl (C=O) groups excluding carboxylic acids is 1. The Labute approximate surface area is 92.5 Å². The fourth-order valence-corrected chi connectivity index (χ4v) is 2.97. The zero-order valence-electron chi connectivity index (χ0n) is 7.93. The number of rotatable bonds is 1. The predicted molar refractivity (Wildman–Crippen MR) is 58.9 cm³/mol. The van der Waals surface area contributed by atoms with E-state index in [0.29, 0.717) is 17.5 Å². The molecule has 2 saturated heterocycles. The van der Waals surface area contributed by atoms with Crippen LogP contribution in [0.15, 0.2) is 0 Å².